The van der Waals surface area contributed by atoms with Crippen LogP contribution in [0.5, 0.6) is 0 Å². The number of halogens is 1. The fourth-order valence-electron chi connectivity index (χ4n) is 1.57. The minimum absolute atomic E-state index is 0.0234. The molecule has 1 N–H and O–H groups in total. The number of aromatic nitrogens is 2. The SMILES string of the molecule is CC(Nc1ccc(Br)cc1)c1nc(C(C)(C)C)no1. The fraction of sp³-hybridized carbons (Fsp3) is 0.429. The van der Waals surface area contributed by atoms with Gasteiger partial charge in [0.2, 0.25) is 5.89 Å². The van der Waals surface area contributed by atoms with Crippen LogP contribution in [0.15, 0.2) is 33.3 Å². The van der Waals surface area contributed by atoms with Crippen LogP contribution in [0, 0.1) is 0 Å². The molecule has 5 heteroatoms. The van der Waals surface area contributed by atoms with E-state index in [1.807, 2.05) is 31.2 Å². The third kappa shape index (κ3) is 3.56. The smallest absolute Gasteiger partial charge is 0.248 e. The van der Waals surface area contributed by atoms with Crippen molar-refractivity contribution in [1.82, 2.24) is 10.1 Å². The predicted molar refractivity (Wildman–Crippen MR) is 79.2 cm³/mol. The van der Waals surface area contributed by atoms with E-state index < -0.39 is 0 Å². The summed E-state index contributed by atoms with van der Waals surface area (Å²) in [4.78, 5) is 4.45. The molecule has 0 saturated heterocycles. The molecule has 2 rings (SSSR count). The van der Waals surface area contributed by atoms with E-state index in [4.69, 9.17) is 4.52 Å². The molecule has 0 radical (unpaired) electrons. The molecule has 0 fully saturated rings. The van der Waals surface area contributed by atoms with Crippen LogP contribution in [0.2, 0.25) is 0 Å². The van der Waals surface area contributed by atoms with E-state index in [2.05, 4.69) is 52.2 Å². The Morgan fingerprint density at radius 3 is 2.37 bits per heavy atom. The molecule has 0 saturated carbocycles. The Morgan fingerprint density at radius 2 is 1.84 bits per heavy atom. The summed E-state index contributed by atoms with van der Waals surface area (Å²) >= 11 is 3.41. The van der Waals surface area contributed by atoms with Crippen molar-refractivity contribution in [2.24, 2.45) is 0 Å². The van der Waals surface area contributed by atoms with Crippen LogP contribution in [-0.2, 0) is 5.41 Å². The molecular formula is C14H18BrN3O. The molecule has 19 heavy (non-hydrogen) atoms. The first-order valence-electron chi connectivity index (χ1n) is 6.22. The average Bonchev–Trinajstić information content (AvgIpc) is 2.81. The Labute approximate surface area is 121 Å². The summed E-state index contributed by atoms with van der Waals surface area (Å²) in [5.74, 6) is 1.33. The normalized spacial score (nSPS) is 13.3. The van der Waals surface area contributed by atoms with Gasteiger partial charge < -0.3 is 9.84 Å². The quantitative estimate of drug-likeness (QED) is 0.914. The number of hydrogen-bond acceptors (Lipinski definition) is 4. The first-order valence-corrected chi connectivity index (χ1v) is 7.02. The van der Waals surface area contributed by atoms with E-state index in [1.165, 1.54) is 0 Å². The molecule has 1 unspecified atom stereocenters. The first kappa shape index (κ1) is 14.1. The average molecular weight is 324 g/mol. The second-order valence-corrected chi connectivity index (χ2v) is 6.49. The summed E-state index contributed by atoms with van der Waals surface area (Å²) in [6.45, 7) is 8.19. The lowest BCUT2D eigenvalue weighted by atomic mass is 9.96. The molecule has 0 aliphatic heterocycles. The zero-order valence-corrected chi connectivity index (χ0v) is 13.2. The van der Waals surface area contributed by atoms with E-state index in [0.29, 0.717) is 5.89 Å². The second-order valence-electron chi connectivity index (χ2n) is 5.58. The van der Waals surface area contributed by atoms with E-state index in [1.54, 1.807) is 0 Å². The highest BCUT2D eigenvalue weighted by molar-refractivity contribution is 9.10. The molecule has 2 aromatic rings. The molecule has 0 bridgehead atoms. The molecule has 1 aromatic carbocycles. The van der Waals surface area contributed by atoms with Crippen LogP contribution >= 0.6 is 15.9 Å². The van der Waals surface area contributed by atoms with Gasteiger partial charge in [-0.15, -0.1) is 0 Å². The predicted octanol–water partition coefficient (Wildman–Crippen LogP) is 4.30. The molecule has 0 aliphatic rings. The van der Waals surface area contributed by atoms with Crippen molar-refractivity contribution in [2.45, 2.75) is 39.2 Å². The zero-order valence-electron chi connectivity index (χ0n) is 11.6. The second kappa shape index (κ2) is 5.33. The standard InChI is InChI=1S/C14H18BrN3O/c1-9(16-11-7-5-10(15)6-8-11)12-17-13(18-19-12)14(2,3)4/h5-9,16H,1-4H3. The summed E-state index contributed by atoms with van der Waals surface area (Å²) in [7, 11) is 0. The zero-order chi connectivity index (χ0) is 14.0. The summed E-state index contributed by atoms with van der Waals surface area (Å²) in [5, 5.41) is 7.36. The summed E-state index contributed by atoms with van der Waals surface area (Å²) < 4.78 is 6.37. The van der Waals surface area contributed by atoms with Gasteiger partial charge in [-0.05, 0) is 31.2 Å². The van der Waals surface area contributed by atoms with Crippen LogP contribution in [0.4, 0.5) is 5.69 Å². The maximum Gasteiger partial charge on any atom is 0.248 e. The molecule has 102 valence electrons. The van der Waals surface area contributed by atoms with E-state index in [-0.39, 0.29) is 11.5 Å². The fourth-order valence-corrected chi connectivity index (χ4v) is 1.84. The van der Waals surface area contributed by atoms with Crippen molar-refractivity contribution in [1.29, 1.82) is 0 Å². The third-order valence-electron chi connectivity index (χ3n) is 2.71. The van der Waals surface area contributed by atoms with Gasteiger partial charge in [0.1, 0.15) is 6.04 Å². The Bertz CT molecular complexity index is 543. The van der Waals surface area contributed by atoms with Crippen LogP contribution in [0.1, 0.15) is 45.5 Å². The number of benzene rings is 1. The van der Waals surface area contributed by atoms with Crippen LogP contribution in [0.3, 0.4) is 0 Å². The molecule has 1 atom stereocenters. The van der Waals surface area contributed by atoms with Gasteiger partial charge in [0, 0.05) is 15.6 Å². The van der Waals surface area contributed by atoms with E-state index in [0.717, 1.165) is 16.0 Å². The first-order chi connectivity index (χ1) is 8.86. The van der Waals surface area contributed by atoms with Gasteiger partial charge in [0.15, 0.2) is 5.82 Å². The Hall–Kier alpha value is -1.36. The molecule has 1 heterocycles. The highest BCUT2D eigenvalue weighted by atomic mass is 79.9. The van der Waals surface area contributed by atoms with Crippen molar-refractivity contribution >= 4 is 21.6 Å². The van der Waals surface area contributed by atoms with Crippen molar-refractivity contribution in [3.8, 4) is 0 Å². The maximum absolute atomic E-state index is 5.32. The van der Waals surface area contributed by atoms with Crippen LogP contribution in [-0.4, -0.2) is 10.1 Å². The summed E-state index contributed by atoms with van der Waals surface area (Å²) in [5.41, 5.74) is 0.922. The lowest BCUT2D eigenvalue weighted by molar-refractivity contribution is 0.354. The molecule has 0 amide bonds. The Kier molecular flexibility index (Phi) is 3.94. The monoisotopic (exact) mass is 323 g/mol. The van der Waals surface area contributed by atoms with Crippen molar-refractivity contribution < 1.29 is 4.52 Å². The number of hydrogen-bond donors (Lipinski definition) is 1. The number of nitrogens with zero attached hydrogens (tertiary/aromatic N) is 2. The summed E-state index contributed by atoms with van der Waals surface area (Å²) in [6, 6.07) is 7.96. The molecular weight excluding hydrogens is 306 g/mol. The number of nitrogens with one attached hydrogen (secondary N) is 1. The number of rotatable bonds is 3. The largest absolute Gasteiger partial charge is 0.374 e. The van der Waals surface area contributed by atoms with Gasteiger partial charge in [0.25, 0.3) is 0 Å². The van der Waals surface area contributed by atoms with Crippen LogP contribution < -0.4 is 5.32 Å². The highest BCUT2D eigenvalue weighted by Crippen LogP contribution is 2.23. The van der Waals surface area contributed by atoms with Gasteiger partial charge in [-0.1, -0.05) is 41.9 Å². The Morgan fingerprint density at radius 1 is 1.21 bits per heavy atom. The van der Waals surface area contributed by atoms with Gasteiger partial charge in [-0.2, -0.15) is 4.98 Å². The highest BCUT2D eigenvalue weighted by Gasteiger charge is 2.22. The van der Waals surface area contributed by atoms with Crippen molar-refractivity contribution in [3.63, 3.8) is 0 Å². The molecule has 4 nitrogen and oxygen atoms in total. The number of anilines is 1. The van der Waals surface area contributed by atoms with Gasteiger partial charge in [-0.25, -0.2) is 0 Å². The Balaban J connectivity index is 2.09. The third-order valence-corrected chi connectivity index (χ3v) is 3.24. The lowest BCUT2D eigenvalue weighted by Crippen LogP contribution is -2.14. The topological polar surface area (TPSA) is 51.0 Å². The van der Waals surface area contributed by atoms with Gasteiger partial charge >= 0.3 is 0 Å². The van der Waals surface area contributed by atoms with E-state index >= 15 is 0 Å². The summed E-state index contributed by atoms with van der Waals surface area (Å²) in [6.07, 6.45) is 0. The maximum atomic E-state index is 5.32. The minimum Gasteiger partial charge on any atom is -0.374 e. The van der Waals surface area contributed by atoms with Gasteiger partial charge in [0.05, 0.1) is 0 Å². The van der Waals surface area contributed by atoms with E-state index in [9.17, 15) is 0 Å². The van der Waals surface area contributed by atoms with Crippen molar-refractivity contribution in [3.05, 3.63) is 40.5 Å². The van der Waals surface area contributed by atoms with Crippen LogP contribution in [0.25, 0.3) is 0 Å². The molecule has 0 aliphatic carbocycles. The van der Waals surface area contributed by atoms with Gasteiger partial charge in [-0.3, -0.25) is 0 Å². The van der Waals surface area contributed by atoms with Crippen molar-refractivity contribution in [2.75, 3.05) is 5.32 Å². The molecule has 1 aromatic heterocycles. The lowest BCUT2D eigenvalue weighted by Gasteiger charge is -2.12. The molecule has 0 spiro atoms. The minimum atomic E-state index is -0.0981.